The smallest absolute Gasteiger partial charge is 0.137 e. The van der Waals surface area contributed by atoms with Crippen LogP contribution in [-0.2, 0) is 13.0 Å². The number of hydrogen-bond donors (Lipinski definition) is 1. The highest BCUT2D eigenvalue weighted by atomic mass is 15.3. The SMILES string of the molecule is CCCc1cncnc1N1CCC(NC(C)Cn2cncn2)CC1. The number of aromatic nitrogens is 5. The molecule has 2 aromatic heterocycles. The summed E-state index contributed by atoms with van der Waals surface area (Å²) < 4.78 is 1.88. The van der Waals surface area contributed by atoms with Crippen LogP contribution in [0.15, 0.2) is 25.2 Å². The van der Waals surface area contributed by atoms with Crippen LogP contribution in [0.3, 0.4) is 0 Å². The van der Waals surface area contributed by atoms with E-state index in [0.29, 0.717) is 12.1 Å². The average Bonchev–Trinajstić information content (AvgIpc) is 3.09. The highest BCUT2D eigenvalue weighted by molar-refractivity contribution is 5.45. The van der Waals surface area contributed by atoms with Crippen LogP contribution in [0.5, 0.6) is 0 Å². The molecule has 3 rings (SSSR count). The summed E-state index contributed by atoms with van der Waals surface area (Å²) in [4.78, 5) is 15.1. The quantitative estimate of drug-likeness (QED) is 0.833. The molecule has 2 aromatic rings. The van der Waals surface area contributed by atoms with Gasteiger partial charge in [0.15, 0.2) is 0 Å². The standard InChI is InChI=1S/C17H27N7/c1-3-4-15-9-18-11-20-17(15)23-7-5-16(6-8-23)22-14(2)10-24-13-19-12-21-24/h9,11-14,16,22H,3-8,10H2,1-2H3. The molecule has 1 atom stereocenters. The van der Waals surface area contributed by atoms with Crippen LogP contribution < -0.4 is 10.2 Å². The van der Waals surface area contributed by atoms with E-state index in [0.717, 1.165) is 51.1 Å². The lowest BCUT2D eigenvalue weighted by atomic mass is 10.0. The first-order valence-electron chi connectivity index (χ1n) is 8.88. The zero-order valence-electron chi connectivity index (χ0n) is 14.6. The summed E-state index contributed by atoms with van der Waals surface area (Å²) >= 11 is 0. The van der Waals surface area contributed by atoms with Gasteiger partial charge in [-0.2, -0.15) is 5.10 Å². The van der Waals surface area contributed by atoms with Gasteiger partial charge in [0.1, 0.15) is 24.8 Å². The first-order chi connectivity index (χ1) is 11.8. The minimum absolute atomic E-state index is 0.387. The van der Waals surface area contributed by atoms with E-state index in [4.69, 9.17) is 0 Å². The Morgan fingerprint density at radius 1 is 1.25 bits per heavy atom. The molecule has 0 bridgehead atoms. The number of aryl methyl sites for hydroxylation is 1. The second-order valence-corrected chi connectivity index (χ2v) is 6.57. The Balaban J connectivity index is 1.50. The lowest BCUT2D eigenvalue weighted by Gasteiger charge is -2.35. The van der Waals surface area contributed by atoms with Gasteiger partial charge < -0.3 is 10.2 Å². The van der Waals surface area contributed by atoms with Crippen molar-refractivity contribution in [1.29, 1.82) is 0 Å². The molecule has 1 fully saturated rings. The molecule has 24 heavy (non-hydrogen) atoms. The molecule has 0 radical (unpaired) electrons. The molecule has 130 valence electrons. The van der Waals surface area contributed by atoms with E-state index in [9.17, 15) is 0 Å². The fourth-order valence-electron chi connectivity index (χ4n) is 3.40. The Morgan fingerprint density at radius 2 is 2.08 bits per heavy atom. The van der Waals surface area contributed by atoms with Gasteiger partial charge in [0.2, 0.25) is 0 Å². The molecule has 1 saturated heterocycles. The highest BCUT2D eigenvalue weighted by Crippen LogP contribution is 2.22. The van der Waals surface area contributed by atoms with Crippen LogP contribution in [0.1, 0.15) is 38.7 Å². The molecule has 7 heteroatoms. The largest absolute Gasteiger partial charge is 0.356 e. The maximum Gasteiger partial charge on any atom is 0.137 e. The van der Waals surface area contributed by atoms with E-state index in [-0.39, 0.29) is 0 Å². The van der Waals surface area contributed by atoms with Crippen LogP contribution in [-0.4, -0.2) is 49.9 Å². The van der Waals surface area contributed by atoms with Gasteiger partial charge in [0.25, 0.3) is 0 Å². The molecule has 1 aliphatic rings. The number of nitrogens with zero attached hydrogens (tertiary/aromatic N) is 6. The molecule has 1 aliphatic heterocycles. The zero-order chi connectivity index (χ0) is 16.8. The van der Waals surface area contributed by atoms with E-state index >= 15 is 0 Å². The zero-order valence-corrected chi connectivity index (χ0v) is 14.6. The molecule has 0 aliphatic carbocycles. The first kappa shape index (κ1) is 16.8. The van der Waals surface area contributed by atoms with Crippen molar-refractivity contribution in [3.63, 3.8) is 0 Å². The van der Waals surface area contributed by atoms with Crippen LogP contribution in [0.4, 0.5) is 5.82 Å². The molecule has 0 spiro atoms. The molecular formula is C17H27N7. The summed E-state index contributed by atoms with van der Waals surface area (Å²) in [5.74, 6) is 1.13. The summed E-state index contributed by atoms with van der Waals surface area (Å²) in [6.07, 6.45) is 11.4. The Kier molecular flexibility index (Phi) is 5.74. The van der Waals surface area contributed by atoms with Crippen molar-refractivity contribution in [3.8, 4) is 0 Å². The summed E-state index contributed by atoms with van der Waals surface area (Å²) in [5, 5.41) is 7.89. The summed E-state index contributed by atoms with van der Waals surface area (Å²) in [6, 6.07) is 0.939. The third-order valence-electron chi connectivity index (χ3n) is 4.53. The third kappa shape index (κ3) is 4.29. The van der Waals surface area contributed by atoms with Crippen LogP contribution >= 0.6 is 0 Å². The Bertz CT molecular complexity index is 605. The number of hydrogen-bond acceptors (Lipinski definition) is 6. The molecule has 0 amide bonds. The lowest BCUT2D eigenvalue weighted by Crippen LogP contribution is -2.47. The average molecular weight is 329 g/mol. The number of piperidine rings is 1. The fraction of sp³-hybridized carbons (Fsp3) is 0.647. The van der Waals surface area contributed by atoms with E-state index in [1.807, 2.05) is 10.9 Å². The maximum absolute atomic E-state index is 4.53. The minimum atomic E-state index is 0.387. The second-order valence-electron chi connectivity index (χ2n) is 6.57. The summed E-state index contributed by atoms with van der Waals surface area (Å²) in [5.41, 5.74) is 1.27. The molecule has 1 N–H and O–H groups in total. The molecule has 0 aromatic carbocycles. The number of nitrogens with one attached hydrogen (secondary N) is 1. The van der Waals surface area contributed by atoms with E-state index < -0.39 is 0 Å². The highest BCUT2D eigenvalue weighted by Gasteiger charge is 2.22. The second kappa shape index (κ2) is 8.19. The van der Waals surface area contributed by atoms with Crippen molar-refractivity contribution in [2.45, 2.75) is 58.2 Å². The van der Waals surface area contributed by atoms with Gasteiger partial charge in [-0.05, 0) is 26.2 Å². The Labute approximate surface area is 143 Å². The normalized spacial score (nSPS) is 17.2. The van der Waals surface area contributed by atoms with Gasteiger partial charge in [0, 0.05) is 36.9 Å². The predicted molar refractivity (Wildman–Crippen MR) is 93.9 cm³/mol. The van der Waals surface area contributed by atoms with Gasteiger partial charge in [-0.25, -0.2) is 15.0 Å². The van der Waals surface area contributed by atoms with Gasteiger partial charge in [0.05, 0.1) is 6.54 Å². The monoisotopic (exact) mass is 329 g/mol. The first-order valence-corrected chi connectivity index (χ1v) is 8.88. The molecule has 3 heterocycles. The van der Waals surface area contributed by atoms with Crippen molar-refractivity contribution in [2.75, 3.05) is 18.0 Å². The molecule has 1 unspecified atom stereocenters. The van der Waals surface area contributed by atoms with Crippen molar-refractivity contribution in [3.05, 3.63) is 30.7 Å². The predicted octanol–water partition coefficient (Wildman–Crippen LogP) is 1.67. The topological polar surface area (TPSA) is 71.8 Å². The van der Waals surface area contributed by atoms with Crippen LogP contribution in [0.25, 0.3) is 0 Å². The van der Waals surface area contributed by atoms with E-state index in [2.05, 4.69) is 44.1 Å². The van der Waals surface area contributed by atoms with Gasteiger partial charge in [-0.1, -0.05) is 13.3 Å². The summed E-state index contributed by atoms with van der Waals surface area (Å²) in [7, 11) is 0. The number of anilines is 1. The maximum atomic E-state index is 4.53. The van der Waals surface area contributed by atoms with Crippen molar-refractivity contribution in [2.24, 2.45) is 0 Å². The van der Waals surface area contributed by atoms with Crippen LogP contribution in [0.2, 0.25) is 0 Å². The van der Waals surface area contributed by atoms with Gasteiger partial charge in [-0.3, -0.25) is 4.68 Å². The minimum Gasteiger partial charge on any atom is -0.356 e. The molecule has 0 saturated carbocycles. The van der Waals surface area contributed by atoms with Crippen LogP contribution in [0, 0.1) is 0 Å². The third-order valence-corrected chi connectivity index (χ3v) is 4.53. The Morgan fingerprint density at radius 3 is 2.79 bits per heavy atom. The fourth-order valence-corrected chi connectivity index (χ4v) is 3.40. The lowest BCUT2D eigenvalue weighted by molar-refractivity contribution is 0.347. The van der Waals surface area contributed by atoms with Crippen molar-refractivity contribution < 1.29 is 0 Å². The van der Waals surface area contributed by atoms with Gasteiger partial charge >= 0.3 is 0 Å². The van der Waals surface area contributed by atoms with E-state index in [1.54, 1.807) is 19.0 Å². The molecular weight excluding hydrogens is 302 g/mol. The van der Waals surface area contributed by atoms with E-state index in [1.165, 1.54) is 5.56 Å². The van der Waals surface area contributed by atoms with Crippen molar-refractivity contribution >= 4 is 5.82 Å². The Hall–Kier alpha value is -2.02. The van der Waals surface area contributed by atoms with Crippen molar-refractivity contribution in [1.82, 2.24) is 30.0 Å². The summed E-state index contributed by atoms with van der Waals surface area (Å²) in [6.45, 7) is 7.34. The van der Waals surface area contributed by atoms with Gasteiger partial charge in [-0.15, -0.1) is 0 Å². The number of rotatable bonds is 7. The molecule has 7 nitrogen and oxygen atoms in total.